The van der Waals surface area contributed by atoms with Crippen LogP contribution in [0.3, 0.4) is 0 Å². The van der Waals surface area contributed by atoms with Gasteiger partial charge in [0.25, 0.3) is 0 Å². The van der Waals surface area contributed by atoms with Crippen LogP contribution >= 0.6 is 15.6 Å². The second-order valence-corrected chi connectivity index (χ2v) is 32.8. The summed E-state index contributed by atoms with van der Waals surface area (Å²) >= 11 is 0. The first-order valence-electron chi connectivity index (χ1n) is 42.3. The van der Waals surface area contributed by atoms with Gasteiger partial charge in [0.05, 0.1) is 26.4 Å². The van der Waals surface area contributed by atoms with Crippen LogP contribution in [-0.2, 0) is 65.4 Å². The van der Waals surface area contributed by atoms with E-state index in [0.717, 1.165) is 121 Å². The van der Waals surface area contributed by atoms with Crippen LogP contribution in [0.2, 0.25) is 0 Å². The van der Waals surface area contributed by atoms with Crippen LogP contribution in [0, 0.1) is 11.8 Å². The van der Waals surface area contributed by atoms with Crippen LogP contribution in [0.1, 0.15) is 414 Å². The normalized spacial score (nSPS) is 14.3. The summed E-state index contributed by atoms with van der Waals surface area (Å²) in [6.07, 6.45) is 67.4. The number of hydrogen-bond donors (Lipinski definition) is 3. The lowest BCUT2D eigenvalue weighted by Crippen LogP contribution is -2.30. The molecule has 3 unspecified atom stereocenters. The van der Waals surface area contributed by atoms with Gasteiger partial charge in [-0.1, -0.05) is 361 Å². The molecule has 0 rings (SSSR count). The van der Waals surface area contributed by atoms with Gasteiger partial charge in [-0.3, -0.25) is 37.3 Å². The van der Waals surface area contributed by atoms with Crippen molar-refractivity contribution < 1.29 is 80.2 Å². The van der Waals surface area contributed by atoms with Gasteiger partial charge in [-0.05, 0) is 63.2 Å². The maximum atomic E-state index is 13.1. The van der Waals surface area contributed by atoms with E-state index >= 15 is 0 Å². The number of rotatable bonds is 80. The summed E-state index contributed by atoms with van der Waals surface area (Å²) in [5.74, 6) is -0.569. The van der Waals surface area contributed by atoms with Crippen LogP contribution < -0.4 is 0 Å². The molecule has 602 valence electrons. The van der Waals surface area contributed by atoms with Gasteiger partial charge in [0.2, 0.25) is 0 Å². The Morgan fingerprint density at radius 1 is 0.324 bits per heavy atom. The van der Waals surface area contributed by atoms with E-state index in [0.29, 0.717) is 25.7 Å². The first kappa shape index (κ1) is 99.5. The molecule has 0 bridgehead atoms. The smallest absolute Gasteiger partial charge is 0.462 e. The Balaban J connectivity index is 5.29. The minimum atomic E-state index is -4.97. The number of carbonyl (C=O) groups excluding carboxylic acids is 4. The van der Waals surface area contributed by atoms with Crippen molar-refractivity contribution in [2.75, 3.05) is 39.6 Å². The van der Waals surface area contributed by atoms with Crippen LogP contribution in [-0.4, -0.2) is 96.7 Å². The number of aliphatic hydroxyl groups excluding tert-OH is 1. The predicted octanol–water partition coefficient (Wildman–Crippen LogP) is 24.6. The largest absolute Gasteiger partial charge is 0.472 e. The Morgan fingerprint density at radius 3 is 0.882 bits per heavy atom. The molecular weight excluding hydrogens is 1330 g/mol. The number of allylic oxidation sites excluding steroid dienone is 4. The van der Waals surface area contributed by atoms with Gasteiger partial charge < -0.3 is 33.8 Å². The highest BCUT2D eigenvalue weighted by atomic mass is 31.2. The molecule has 0 aromatic heterocycles. The molecule has 19 heteroatoms. The Labute approximate surface area is 624 Å². The Morgan fingerprint density at radius 2 is 0.578 bits per heavy atom. The topological polar surface area (TPSA) is 237 Å². The highest BCUT2D eigenvalue weighted by Crippen LogP contribution is 2.45. The van der Waals surface area contributed by atoms with E-state index in [9.17, 15) is 43.2 Å². The average molecular weight is 1490 g/mol. The fourth-order valence-electron chi connectivity index (χ4n) is 12.3. The second kappa shape index (κ2) is 74.0. The fourth-order valence-corrected chi connectivity index (χ4v) is 13.9. The Kier molecular flexibility index (Phi) is 72.2. The number of hydrogen-bond acceptors (Lipinski definition) is 15. The third-order valence-electron chi connectivity index (χ3n) is 19.2. The number of esters is 4. The molecule has 17 nitrogen and oxygen atoms in total. The number of ether oxygens (including phenoxy) is 4. The molecule has 6 atom stereocenters. The van der Waals surface area contributed by atoms with Gasteiger partial charge in [-0.25, -0.2) is 9.13 Å². The molecule has 0 aromatic carbocycles. The van der Waals surface area contributed by atoms with Crippen LogP contribution in [0.25, 0.3) is 0 Å². The van der Waals surface area contributed by atoms with Gasteiger partial charge in [0, 0.05) is 25.7 Å². The molecule has 0 saturated carbocycles. The van der Waals surface area contributed by atoms with Crippen molar-refractivity contribution in [2.24, 2.45) is 11.8 Å². The van der Waals surface area contributed by atoms with E-state index in [-0.39, 0.29) is 25.7 Å². The molecule has 0 fully saturated rings. The molecule has 0 heterocycles. The van der Waals surface area contributed by atoms with Crippen molar-refractivity contribution in [3.8, 4) is 0 Å². The van der Waals surface area contributed by atoms with E-state index < -0.39 is 97.5 Å². The third-order valence-corrected chi connectivity index (χ3v) is 21.1. The lowest BCUT2D eigenvalue weighted by Gasteiger charge is -2.21. The van der Waals surface area contributed by atoms with Gasteiger partial charge >= 0.3 is 39.5 Å². The highest BCUT2D eigenvalue weighted by molar-refractivity contribution is 7.47. The predicted molar refractivity (Wildman–Crippen MR) is 418 cm³/mol. The van der Waals surface area contributed by atoms with Crippen molar-refractivity contribution in [3.63, 3.8) is 0 Å². The lowest BCUT2D eigenvalue weighted by atomic mass is 9.99. The number of unbranched alkanes of at least 4 members (excludes halogenated alkanes) is 46. The lowest BCUT2D eigenvalue weighted by molar-refractivity contribution is -0.161. The van der Waals surface area contributed by atoms with Crippen molar-refractivity contribution >= 4 is 39.5 Å². The van der Waals surface area contributed by atoms with Crippen molar-refractivity contribution in [3.05, 3.63) is 24.3 Å². The summed E-state index contributed by atoms with van der Waals surface area (Å²) in [6, 6.07) is 0. The van der Waals surface area contributed by atoms with Crippen LogP contribution in [0.15, 0.2) is 24.3 Å². The van der Waals surface area contributed by atoms with E-state index in [1.165, 1.54) is 212 Å². The molecule has 3 N–H and O–H groups in total. The minimum Gasteiger partial charge on any atom is -0.462 e. The van der Waals surface area contributed by atoms with Crippen molar-refractivity contribution in [1.82, 2.24) is 0 Å². The number of phosphoric acid groups is 2. The number of aliphatic hydroxyl groups is 1. The van der Waals surface area contributed by atoms with Gasteiger partial charge in [0.15, 0.2) is 12.2 Å². The standard InChI is InChI=1S/C83H158O17P2/c1-7-10-12-14-16-18-20-22-24-25-26-28-32-36-40-47-53-59-65-80(85)93-71-78(99-82(87)68-62-56-50-42-38-34-30-29-31-35-39-46-52-58-64-76(6)9-3)73-97-101(89,90)95-69-77(84)70-96-102(91,92)98-74-79(72-94-81(86)66-60-54-48-44-43-45-51-57-63-75(4)5)100-83(88)67-61-55-49-41-37-33-27-23-21-19-17-15-13-11-8-2/h19,21,23,27,75-79,84H,7-18,20,22,24-26,28-74H2,1-6H3,(H,89,90)(H,91,92)/b21-19-,27-23-/t76?,77-,78-,79-/m1/s1. The van der Waals surface area contributed by atoms with Crippen LogP contribution in [0.4, 0.5) is 0 Å². The molecule has 0 aromatic rings. The highest BCUT2D eigenvalue weighted by Gasteiger charge is 2.30. The fraction of sp³-hybridized carbons (Fsp3) is 0.904. The molecule has 0 aliphatic rings. The third kappa shape index (κ3) is 74.4. The molecular formula is C83H158O17P2. The molecule has 0 radical (unpaired) electrons. The molecule has 0 saturated heterocycles. The maximum Gasteiger partial charge on any atom is 0.472 e. The van der Waals surface area contributed by atoms with E-state index in [4.69, 9.17) is 37.0 Å². The quantitative estimate of drug-likeness (QED) is 0.0169. The zero-order valence-corrected chi connectivity index (χ0v) is 68.2. The zero-order valence-electron chi connectivity index (χ0n) is 66.4. The summed E-state index contributed by atoms with van der Waals surface area (Å²) in [7, 11) is -9.94. The molecule has 0 aliphatic heterocycles. The van der Waals surface area contributed by atoms with E-state index in [2.05, 4.69) is 65.8 Å². The molecule has 102 heavy (non-hydrogen) atoms. The Bertz CT molecular complexity index is 2060. The van der Waals surface area contributed by atoms with Gasteiger partial charge in [-0.2, -0.15) is 0 Å². The molecule has 0 aliphatic carbocycles. The summed E-state index contributed by atoms with van der Waals surface area (Å²) in [5, 5.41) is 10.7. The SMILES string of the molecule is CCCCCC/C=C\C=C/CCCCCCCC(=O)O[C@H](COC(=O)CCCCCCCCCCC(C)C)COP(=O)(O)OC[C@H](O)COP(=O)(O)OC[C@@H](COC(=O)CCCCCCCCCCCCCCCCCCCC)OC(=O)CCCCCCCCCCCCCCCCC(C)CC. The van der Waals surface area contributed by atoms with Gasteiger partial charge in [0.1, 0.15) is 19.3 Å². The zero-order chi connectivity index (χ0) is 74.9. The van der Waals surface area contributed by atoms with Gasteiger partial charge in [-0.15, -0.1) is 0 Å². The number of phosphoric ester groups is 2. The first-order valence-corrected chi connectivity index (χ1v) is 45.3. The van der Waals surface area contributed by atoms with Crippen molar-refractivity contribution in [1.29, 1.82) is 0 Å². The average Bonchev–Trinajstić information content (AvgIpc) is 0.915. The summed E-state index contributed by atoms with van der Waals surface area (Å²) in [5.41, 5.74) is 0. The first-order chi connectivity index (χ1) is 49.4. The maximum absolute atomic E-state index is 13.1. The molecule has 0 spiro atoms. The van der Waals surface area contributed by atoms with Crippen molar-refractivity contribution in [2.45, 2.75) is 432 Å². The van der Waals surface area contributed by atoms with Crippen LogP contribution in [0.5, 0.6) is 0 Å². The minimum absolute atomic E-state index is 0.0847. The summed E-state index contributed by atoms with van der Waals surface area (Å²) < 4.78 is 68.7. The second-order valence-electron chi connectivity index (χ2n) is 29.9. The summed E-state index contributed by atoms with van der Waals surface area (Å²) in [6.45, 7) is 9.60. The van der Waals surface area contributed by atoms with E-state index in [1.807, 2.05) is 0 Å². The molecule has 0 amide bonds. The van der Waals surface area contributed by atoms with E-state index in [1.54, 1.807) is 0 Å². The summed E-state index contributed by atoms with van der Waals surface area (Å²) in [4.78, 5) is 73.1. The number of carbonyl (C=O) groups is 4. The monoisotopic (exact) mass is 1490 g/mol. The Hall–Kier alpha value is -2.46.